The highest BCUT2D eigenvalue weighted by Gasteiger charge is 2.01. The van der Waals surface area contributed by atoms with Gasteiger partial charge in [0.15, 0.2) is 0 Å². The summed E-state index contributed by atoms with van der Waals surface area (Å²) in [5, 5.41) is 8.38. The number of nitrogens with two attached hydrogens (primary N) is 1. The molecular weight excluding hydrogens is 266 g/mol. The predicted molar refractivity (Wildman–Crippen MR) is 82.5 cm³/mol. The van der Waals surface area contributed by atoms with Crippen LogP contribution in [0.15, 0.2) is 54.6 Å². The van der Waals surface area contributed by atoms with Crippen molar-refractivity contribution in [3.63, 3.8) is 0 Å². The minimum atomic E-state index is -0.879. The molecule has 0 radical (unpaired) electrons. The minimum absolute atomic E-state index is 0.331. The van der Waals surface area contributed by atoms with Crippen LogP contribution in [0.25, 0.3) is 0 Å². The van der Waals surface area contributed by atoms with Crippen molar-refractivity contribution in [2.45, 2.75) is 19.8 Å². The highest BCUT2D eigenvalue weighted by molar-refractivity contribution is 5.92. The quantitative estimate of drug-likeness (QED) is 0.908. The van der Waals surface area contributed by atoms with E-state index >= 15 is 0 Å². The Morgan fingerprint density at radius 3 is 1.76 bits per heavy atom. The van der Waals surface area contributed by atoms with Gasteiger partial charge in [0, 0.05) is 5.56 Å². The lowest BCUT2D eigenvalue weighted by Gasteiger charge is -2.04. The Kier molecular flexibility index (Phi) is 6.14. The van der Waals surface area contributed by atoms with Gasteiger partial charge in [0.1, 0.15) is 0 Å². The van der Waals surface area contributed by atoms with Crippen molar-refractivity contribution in [1.29, 1.82) is 0 Å². The van der Waals surface area contributed by atoms with Crippen LogP contribution in [-0.2, 0) is 0 Å². The van der Waals surface area contributed by atoms with Crippen molar-refractivity contribution >= 4 is 11.9 Å². The summed E-state index contributed by atoms with van der Waals surface area (Å²) < 4.78 is 0. The fraction of sp³-hybridized carbons (Fsp3) is 0.176. The van der Waals surface area contributed by atoms with E-state index in [1.807, 2.05) is 12.1 Å². The van der Waals surface area contributed by atoms with Gasteiger partial charge in [-0.3, -0.25) is 4.79 Å². The Morgan fingerprint density at radius 1 is 0.905 bits per heavy atom. The molecule has 3 N–H and O–H groups in total. The fourth-order valence-electron chi connectivity index (χ4n) is 1.61. The van der Waals surface area contributed by atoms with Crippen LogP contribution in [0.5, 0.6) is 0 Å². The van der Waals surface area contributed by atoms with Gasteiger partial charge in [-0.1, -0.05) is 44.2 Å². The molecule has 0 saturated carbocycles. The Balaban J connectivity index is 0.000000219. The summed E-state index contributed by atoms with van der Waals surface area (Å²) in [4.78, 5) is 20.9. The lowest BCUT2D eigenvalue weighted by atomic mass is 10.0. The maximum absolute atomic E-state index is 10.7. The van der Waals surface area contributed by atoms with E-state index in [0.29, 0.717) is 17.0 Å². The zero-order valence-electron chi connectivity index (χ0n) is 12.1. The molecule has 1 amide bonds. The van der Waals surface area contributed by atoms with Gasteiger partial charge in [-0.2, -0.15) is 0 Å². The van der Waals surface area contributed by atoms with Crippen LogP contribution < -0.4 is 5.73 Å². The van der Waals surface area contributed by atoms with E-state index in [2.05, 4.69) is 13.8 Å². The van der Waals surface area contributed by atoms with Gasteiger partial charge in [0.2, 0.25) is 5.91 Å². The first-order chi connectivity index (χ1) is 9.91. The number of aromatic carboxylic acids is 1. The summed E-state index contributed by atoms with van der Waals surface area (Å²) in [7, 11) is 0. The van der Waals surface area contributed by atoms with Crippen LogP contribution in [0.4, 0.5) is 0 Å². The third-order valence-corrected chi connectivity index (χ3v) is 2.88. The smallest absolute Gasteiger partial charge is 0.335 e. The second-order valence-corrected chi connectivity index (χ2v) is 4.81. The Labute approximate surface area is 124 Å². The summed E-state index contributed by atoms with van der Waals surface area (Å²) in [5.41, 5.74) is 7.22. The standard InChI is InChI=1S/C10H13NO.C7H6O2/c1-7(2)8-3-5-9(6-4-8)10(11)12;8-7(9)6-4-2-1-3-5-6/h3-7H,1-2H3,(H2,11,12);1-5H,(H,8,9). The van der Waals surface area contributed by atoms with E-state index in [1.165, 1.54) is 5.56 Å². The first-order valence-corrected chi connectivity index (χ1v) is 6.60. The van der Waals surface area contributed by atoms with Crippen LogP contribution in [0.3, 0.4) is 0 Å². The number of hydrogen-bond donors (Lipinski definition) is 2. The molecule has 0 saturated heterocycles. The molecule has 110 valence electrons. The number of carboxylic acids is 1. The van der Waals surface area contributed by atoms with Gasteiger partial charge in [-0.05, 0) is 35.7 Å². The monoisotopic (exact) mass is 285 g/mol. The summed E-state index contributed by atoms with van der Waals surface area (Å²) >= 11 is 0. The van der Waals surface area contributed by atoms with Crippen molar-refractivity contribution in [3.8, 4) is 0 Å². The van der Waals surface area contributed by atoms with Crippen LogP contribution in [0, 0.1) is 0 Å². The maximum atomic E-state index is 10.7. The average molecular weight is 285 g/mol. The number of carboxylic acid groups (broad SMARTS) is 1. The van der Waals surface area contributed by atoms with E-state index in [4.69, 9.17) is 10.8 Å². The number of amides is 1. The Morgan fingerprint density at radius 2 is 1.43 bits per heavy atom. The highest BCUT2D eigenvalue weighted by atomic mass is 16.4. The molecule has 4 nitrogen and oxygen atoms in total. The molecule has 0 aromatic heterocycles. The van der Waals surface area contributed by atoms with E-state index in [9.17, 15) is 9.59 Å². The van der Waals surface area contributed by atoms with Gasteiger partial charge in [0.05, 0.1) is 5.56 Å². The van der Waals surface area contributed by atoms with E-state index < -0.39 is 5.97 Å². The lowest BCUT2D eigenvalue weighted by Crippen LogP contribution is -2.10. The van der Waals surface area contributed by atoms with Crippen LogP contribution in [0.1, 0.15) is 46.0 Å². The molecule has 0 unspecified atom stereocenters. The molecule has 0 heterocycles. The van der Waals surface area contributed by atoms with Crippen LogP contribution in [0.2, 0.25) is 0 Å². The zero-order valence-corrected chi connectivity index (χ0v) is 12.1. The maximum Gasteiger partial charge on any atom is 0.335 e. The topological polar surface area (TPSA) is 80.4 Å². The van der Waals surface area contributed by atoms with Crippen LogP contribution in [-0.4, -0.2) is 17.0 Å². The van der Waals surface area contributed by atoms with Crippen molar-refractivity contribution in [3.05, 3.63) is 71.3 Å². The fourth-order valence-corrected chi connectivity index (χ4v) is 1.61. The molecule has 0 atom stereocenters. The summed E-state index contributed by atoms with van der Waals surface area (Å²) in [5.74, 6) is -0.757. The third-order valence-electron chi connectivity index (χ3n) is 2.88. The van der Waals surface area contributed by atoms with Crippen molar-refractivity contribution < 1.29 is 14.7 Å². The van der Waals surface area contributed by atoms with Gasteiger partial charge in [-0.25, -0.2) is 4.79 Å². The van der Waals surface area contributed by atoms with Crippen molar-refractivity contribution in [2.24, 2.45) is 5.73 Å². The van der Waals surface area contributed by atoms with E-state index in [1.54, 1.807) is 42.5 Å². The SMILES string of the molecule is CC(C)c1ccc(C(N)=O)cc1.O=C(O)c1ccccc1. The zero-order chi connectivity index (χ0) is 15.8. The molecule has 0 aliphatic rings. The van der Waals surface area contributed by atoms with Crippen molar-refractivity contribution in [2.75, 3.05) is 0 Å². The Hall–Kier alpha value is -2.62. The molecule has 2 aromatic rings. The third kappa shape index (κ3) is 5.48. The van der Waals surface area contributed by atoms with Gasteiger partial charge < -0.3 is 10.8 Å². The minimum Gasteiger partial charge on any atom is -0.478 e. The van der Waals surface area contributed by atoms with Crippen molar-refractivity contribution in [1.82, 2.24) is 0 Å². The van der Waals surface area contributed by atoms with E-state index in [-0.39, 0.29) is 5.91 Å². The summed E-state index contributed by atoms with van der Waals surface area (Å²) in [6.45, 7) is 4.22. The second-order valence-electron chi connectivity index (χ2n) is 4.81. The molecule has 0 fully saturated rings. The first kappa shape index (κ1) is 16.4. The molecule has 21 heavy (non-hydrogen) atoms. The molecule has 4 heteroatoms. The number of carbonyl (C=O) groups excluding carboxylic acids is 1. The summed E-state index contributed by atoms with van der Waals surface area (Å²) in [6, 6.07) is 15.7. The average Bonchev–Trinajstić information content (AvgIpc) is 2.49. The van der Waals surface area contributed by atoms with Gasteiger partial charge in [0.25, 0.3) is 0 Å². The second kappa shape index (κ2) is 7.85. The lowest BCUT2D eigenvalue weighted by molar-refractivity contribution is 0.0696. The number of primary amides is 1. The van der Waals surface area contributed by atoms with E-state index in [0.717, 1.165) is 0 Å². The molecule has 0 spiro atoms. The molecule has 0 aliphatic heterocycles. The molecular formula is C17H19NO3. The molecule has 2 rings (SSSR count). The van der Waals surface area contributed by atoms with Crippen LogP contribution >= 0.6 is 0 Å². The molecule has 0 aliphatic carbocycles. The molecule has 2 aromatic carbocycles. The summed E-state index contributed by atoms with van der Waals surface area (Å²) in [6.07, 6.45) is 0. The number of hydrogen-bond acceptors (Lipinski definition) is 2. The first-order valence-electron chi connectivity index (χ1n) is 6.60. The number of carbonyl (C=O) groups is 2. The normalized spacial score (nSPS) is 9.67. The van der Waals surface area contributed by atoms with Gasteiger partial charge in [-0.15, -0.1) is 0 Å². The Bertz CT molecular complexity index is 589. The largest absolute Gasteiger partial charge is 0.478 e. The highest BCUT2D eigenvalue weighted by Crippen LogP contribution is 2.14. The number of rotatable bonds is 3. The predicted octanol–water partition coefficient (Wildman–Crippen LogP) is 3.29. The number of benzene rings is 2. The van der Waals surface area contributed by atoms with Gasteiger partial charge >= 0.3 is 5.97 Å². The molecule has 0 bridgehead atoms.